The number of nitrogens with two attached hydrogens (primary N) is 1. The van der Waals surface area contributed by atoms with Crippen LogP contribution in [-0.4, -0.2) is 4.98 Å². The second kappa shape index (κ2) is 6.33. The predicted molar refractivity (Wildman–Crippen MR) is 79.5 cm³/mol. The highest BCUT2D eigenvalue weighted by Crippen LogP contribution is 2.26. The molecular formula is C15H19FN2OS. The van der Waals surface area contributed by atoms with E-state index in [-0.39, 0.29) is 11.9 Å². The van der Waals surface area contributed by atoms with Gasteiger partial charge in [-0.2, -0.15) is 0 Å². The Hall–Kier alpha value is -1.46. The Morgan fingerprint density at radius 2 is 2.10 bits per heavy atom. The van der Waals surface area contributed by atoms with E-state index in [0.29, 0.717) is 18.3 Å². The van der Waals surface area contributed by atoms with E-state index < -0.39 is 0 Å². The molecule has 0 spiro atoms. The van der Waals surface area contributed by atoms with Gasteiger partial charge < -0.3 is 10.5 Å². The van der Waals surface area contributed by atoms with E-state index in [0.717, 1.165) is 16.3 Å². The van der Waals surface area contributed by atoms with E-state index in [1.807, 2.05) is 12.3 Å². The molecule has 1 aromatic carbocycles. The Bertz CT molecular complexity index is 581. The zero-order valence-electron chi connectivity index (χ0n) is 11.9. The summed E-state index contributed by atoms with van der Waals surface area (Å²) in [4.78, 5) is 4.49. The van der Waals surface area contributed by atoms with E-state index in [1.54, 1.807) is 17.4 Å². The number of benzene rings is 1. The maximum Gasteiger partial charge on any atom is 0.131 e. The first-order valence-corrected chi connectivity index (χ1v) is 7.47. The highest BCUT2D eigenvalue weighted by atomic mass is 32.1. The summed E-state index contributed by atoms with van der Waals surface area (Å²) in [5.41, 5.74) is 7.52. The third-order valence-electron chi connectivity index (χ3n) is 2.91. The molecule has 108 valence electrons. The van der Waals surface area contributed by atoms with Crippen LogP contribution in [0.3, 0.4) is 0 Å². The molecule has 0 saturated carbocycles. The normalized spacial score (nSPS) is 12.7. The van der Waals surface area contributed by atoms with Gasteiger partial charge in [-0.25, -0.2) is 9.37 Å². The molecule has 0 bridgehead atoms. The Morgan fingerprint density at radius 1 is 1.35 bits per heavy atom. The van der Waals surface area contributed by atoms with Crippen LogP contribution < -0.4 is 10.5 Å². The zero-order chi connectivity index (χ0) is 14.7. The van der Waals surface area contributed by atoms with Crippen LogP contribution in [-0.2, 0) is 6.61 Å². The van der Waals surface area contributed by atoms with Gasteiger partial charge in [-0.15, -0.1) is 11.3 Å². The molecule has 2 N–H and O–H groups in total. The first kappa shape index (κ1) is 14.9. The SMILES string of the molecule is CC(C)c1nc(COc2cc(F)ccc2[C@@H](C)N)cs1. The molecule has 0 unspecified atom stereocenters. The summed E-state index contributed by atoms with van der Waals surface area (Å²) < 4.78 is 19.0. The Balaban J connectivity index is 2.11. The van der Waals surface area contributed by atoms with Crippen molar-refractivity contribution in [1.29, 1.82) is 0 Å². The minimum Gasteiger partial charge on any atom is -0.487 e. The maximum atomic E-state index is 13.3. The Labute approximate surface area is 122 Å². The second-order valence-corrected chi connectivity index (χ2v) is 5.98. The summed E-state index contributed by atoms with van der Waals surface area (Å²) in [6, 6.07) is 4.22. The molecular weight excluding hydrogens is 275 g/mol. The molecule has 1 heterocycles. The lowest BCUT2D eigenvalue weighted by molar-refractivity contribution is 0.295. The number of hydrogen-bond acceptors (Lipinski definition) is 4. The van der Waals surface area contributed by atoms with E-state index in [4.69, 9.17) is 10.5 Å². The third-order valence-corrected chi connectivity index (χ3v) is 4.10. The summed E-state index contributed by atoms with van der Waals surface area (Å²) in [5.74, 6) is 0.562. The lowest BCUT2D eigenvalue weighted by Gasteiger charge is -2.13. The van der Waals surface area contributed by atoms with Gasteiger partial charge in [0.25, 0.3) is 0 Å². The fourth-order valence-electron chi connectivity index (χ4n) is 1.82. The first-order chi connectivity index (χ1) is 9.47. The summed E-state index contributed by atoms with van der Waals surface area (Å²) in [6.07, 6.45) is 0. The van der Waals surface area contributed by atoms with Crippen molar-refractivity contribution in [1.82, 2.24) is 4.98 Å². The van der Waals surface area contributed by atoms with E-state index >= 15 is 0 Å². The molecule has 0 aliphatic rings. The zero-order valence-corrected chi connectivity index (χ0v) is 12.7. The molecule has 0 aliphatic heterocycles. The average molecular weight is 294 g/mol. The van der Waals surface area contributed by atoms with Gasteiger partial charge in [0.1, 0.15) is 18.2 Å². The molecule has 2 aromatic rings. The van der Waals surface area contributed by atoms with Crippen molar-refractivity contribution in [2.24, 2.45) is 5.73 Å². The van der Waals surface area contributed by atoms with Crippen molar-refractivity contribution in [2.45, 2.75) is 39.3 Å². The summed E-state index contributed by atoms with van der Waals surface area (Å²) in [6.45, 7) is 6.38. The van der Waals surface area contributed by atoms with Gasteiger partial charge in [0.15, 0.2) is 0 Å². The lowest BCUT2D eigenvalue weighted by atomic mass is 10.1. The molecule has 0 radical (unpaired) electrons. The highest BCUT2D eigenvalue weighted by molar-refractivity contribution is 7.09. The first-order valence-electron chi connectivity index (χ1n) is 6.59. The van der Waals surface area contributed by atoms with Crippen molar-refractivity contribution in [3.05, 3.63) is 45.7 Å². The number of rotatable bonds is 5. The molecule has 5 heteroatoms. The third kappa shape index (κ3) is 3.55. The Morgan fingerprint density at radius 3 is 2.70 bits per heavy atom. The topological polar surface area (TPSA) is 48.1 Å². The quantitative estimate of drug-likeness (QED) is 0.906. The van der Waals surface area contributed by atoms with Crippen molar-refractivity contribution in [3.8, 4) is 5.75 Å². The van der Waals surface area contributed by atoms with Gasteiger partial charge in [0, 0.05) is 29.0 Å². The fourth-order valence-corrected chi connectivity index (χ4v) is 2.63. The molecule has 2 rings (SSSR count). The largest absolute Gasteiger partial charge is 0.487 e. The molecule has 0 amide bonds. The maximum absolute atomic E-state index is 13.3. The highest BCUT2D eigenvalue weighted by Gasteiger charge is 2.11. The molecule has 0 fully saturated rings. The summed E-state index contributed by atoms with van der Waals surface area (Å²) in [7, 11) is 0. The van der Waals surface area contributed by atoms with Crippen LogP contribution in [0.2, 0.25) is 0 Å². The van der Waals surface area contributed by atoms with Crippen LogP contribution in [0.5, 0.6) is 5.75 Å². The van der Waals surface area contributed by atoms with E-state index in [2.05, 4.69) is 18.8 Å². The second-order valence-electron chi connectivity index (χ2n) is 5.09. The average Bonchev–Trinajstić information content (AvgIpc) is 2.85. The van der Waals surface area contributed by atoms with Crippen LogP contribution in [0.15, 0.2) is 23.6 Å². The van der Waals surface area contributed by atoms with Gasteiger partial charge in [-0.1, -0.05) is 19.9 Å². The van der Waals surface area contributed by atoms with Gasteiger partial charge in [-0.3, -0.25) is 0 Å². The molecule has 1 aromatic heterocycles. The number of aromatic nitrogens is 1. The van der Waals surface area contributed by atoms with E-state index in [9.17, 15) is 4.39 Å². The summed E-state index contributed by atoms with van der Waals surface area (Å²) in [5, 5.41) is 3.05. The van der Waals surface area contributed by atoms with Crippen LogP contribution in [0.1, 0.15) is 49.0 Å². The van der Waals surface area contributed by atoms with Crippen LogP contribution in [0, 0.1) is 5.82 Å². The minimum atomic E-state index is -0.328. The van der Waals surface area contributed by atoms with Crippen LogP contribution in [0.4, 0.5) is 4.39 Å². The standard InChI is InChI=1S/C15H19FN2OS/c1-9(2)15-18-12(8-20-15)7-19-14-6-11(16)4-5-13(14)10(3)17/h4-6,8-10H,7,17H2,1-3H3/t10-/m1/s1. The number of halogens is 1. The monoisotopic (exact) mass is 294 g/mol. The smallest absolute Gasteiger partial charge is 0.131 e. The number of ether oxygens (including phenoxy) is 1. The van der Waals surface area contributed by atoms with E-state index in [1.165, 1.54) is 12.1 Å². The summed E-state index contributed by atoms with van der Waals surface area (Å²) >= 11 is 1.62. The van der Waals surface area contributed by atoms with Crippen molar-refractivity contribution in [3.63, 3.8) is 0 Å². The minimum absolute atomic E-state index is 0.202. The van der Waals surface area contributed by atoms with Gasteiger partial charge in [0.05, 0.1) is 10.7 Å². The van der Waals surface area contributed by atoms with Gasteiger partial charge in [0.2, 0.25) is 0 Å². The number of hydrogen-bond donors (Lipinski definition) is 1. The van der Waals surface area contributed by atoms with Gasteiger partial charge in [-0.05, 0) is 13.0 Å². The molecule has 3 nitrogen and oxygen atoms in total. The molecule has 1 atom stereocenters. The fraction of sp³-hybridized carbons (Fsp3) is 0.400. The molecule has 0 aliphatic carbocycles. The van der Waals surface area contributed by atoms with Crippen LogP contribution in [0.25, 0.3) is 0 Å². The van der Waals surface area contributed by atoms with Crippen molar-refractivity contribution >= 4 is 11.3 Å². The van der Waals surface area contributed by atoms with Crippen LogP contribution >= 0.6 is 11.3 Å². The predicted octanol–water partition coefficient (Wildman–Crippen LogP) is 4.00. The molecule has 20 heavy (non-hydrogen) atoms. The number of nitrogens with zero attached hydrogens (tertiary/aromatic N) is 1. The van der Waals surface area contributed by atoms with Gasteiger partial charge >= 0.3 is 0 Å². The lowest BCUT2D eigenvalue weighted by Crippen LogP contribution is -2.08. The van der Waals surface area contributed by atoms with Crippen molar-refractivity contribution < 1.29 is 9.13 Å². The Kier molecular flexibility index (Phi) is 4.73. The number of thiazole rings is 1. The van der Waals surface area contributed by atoms with Crippen molar-refractivity contribution in [2.75, 3.05) is 0 Å². The molecule has 0 saturated heterocycles.